The Morgan fingerprint density at radius 3 is 2.48 bits per heavy atom. The Bertz CT molecular complexity index is 966. The van der Waals surface area contributed by atoms with Crippen LogP contribution in [0.25, 0.3) is 0 Å². The molecule has 4 heterocycles. The third-order valence-corrected chi connectivity index (χ3v) is 7.20. The minimum Gasteiger partial charge on any atom is -0.377 e. The number of ether oxygens (including phenoxy) is 1. The molecule has 1 aromatic rings. The highest BCUT2D eigenvalue weighted by Crippen LogP contribution is 2.29. The molecule has 0 saturated carbocycles. The largest absolute Gasteiger partial charge is 0.377 e. The van der Waals surface area contributed by atoms with Crippen LogP contribution in [-0.4, -0.2) is 78.4 Å². The van der Waals surface area contributed by atoms with E-state index in [4.69, 9.17) is 4.74 Å². The van der Waals surface area contributed by atoms with Crippen LogP contribution in [0, 0.1) is 5.92 Å². The van der Waals surface area contributed by atoms with Gasteiger partial charge in [-0.05, 0) is 68.9 Å². The van der Waals surface area contributed by atoms with Crippen LogP contribution < -0.4 is 10.6 Å². The Balaban J connectivity index is 1.18. The summed E-state index contributed by atoms with van der Waals surface area (Å²) in [5, 5.41) is 5.55. The highest BCUT2D eigenvalue weighted by atomic mass is 16.5. The van der Waals surface area contributed by atoms with Crippen molar-refractivity contribution in [2.45, 2.75) is 50.8 Å². The molecule has 9 nitrogen and oxygen atoms in total. The monoisotopic (exact) mass is 454 g/mol. The molecule has 9 heteroatoms. The van der Waals surface area contributed by atoms with Crippen molar-refractivity contribution in [2.75, 3.05) is 32.8 Å². The highest BCUT2D eigenvalue weighted by molar-refractivity contribution is 6.23. The smallest absolute Gasteiger partial charge is 0.262 e. The summed E-state index contributed by atoms with van der Waals surface area (Å²) < 4.78 is 6.04. The van der Waals surface area contributed by atoms with Gasteiger partial charge in [-0.1, -0.05) is 6.07 Å². The summed E-state index contributed by atoms with van der Waals surface area (Å²) in [6.45, 7) is 5.49. The Labute approximate surface area is 192 Å². The Morgan fingerprint density at radius 1 is 0.970 bits per heavy atom. The standard InChI is InChI=1S/C24H30N4O5/c29-21-4-3-20(22(30)26-21)28-23(31)18-2-1-16(11-19(18)24(28)32)13-27-9-6-15(7-10-27)14-33-17-5-8-25-12-17/h1-2,11,15,17,20,25H,3-10,12-14H2,(H,26,29,30). The number of rotatable bonds is 6. The number of imide groups is 2. The third-order valence-electron chi connectivity index (χ3n) is 7.20. The van der Waals surface area contributed by atoms with Crippen molar-refractivity contribution < 1.29 is 23.9 Å². The van der Waals surface area contributed by atoms with E-state index in [1.165, 1.54) is 0 Å². The first-order valence-corrected chi connectivity index (χ1v) is 11.9. The van der Waals surface area contributed by atoms with Crippen LogP contribution in [0.1, 0.15) is 58.4 Å². The second-order valence-electron chi connectivity index (χ2n) is 9.49. The molecule has 1 aromatic carbocycles. The number of carbonyl (C=O) groups excluding carboxylic acids is 4. The fourth-order valence-corrected chi connectivity index (χ4v) is 5.23. The lowest BCUT2D eigenvalue weighted by molar-refractivity contribution is -0.136. The summed E-state index contributed by atoms with van der Waals surface area (Å²) in [6.07, 6.45) is 3.91. The van der Waals surface area contributed by atoms with Gasteiger partial charge in [0.15, 0.2) is 0 Å². The van der Waals surface area contributed by atoms with Crippen LogP contribution in [0.15, 0.2) is 18.2 Å². The average molecular weight is 455 g/mol. The molecule has 5 rings (SSSR count). The fraction of sp³-hybridized carbons (Fsp3) is 0.583. The van der Waals surface area contributed by atoms with Crippen LogP contribution in [0.3, 0.4) is 0 Å². The van der Waals surface area contributed by atoms with Crippen molar-refractivity contribution in [1.82, 2.24) is 20.4 Å². The molecule has 3 fully saturated rings. The molecule has 2 N–H and O–H groups in total. The molecule has 0 radical (unpaired) electrons. The fourth-order valence-electron chi connectivity index (χ4n) is 5.23. The number of benzene rings is 1. The van der Waals surface area contributed by atoms with Gasteiger partial charge in [0, 0.05) is 26.1 Å². The molecule has 4 aliphatic rings. The van der Waals surface area contributed by atoms with Crippen molar-refractivity contribution >= 4 is 23.6 Å². The Kier molecular flexibility index (Phi) is 6.27. The molecule has 3 saturated heterocycles. The van der Waals surface area contributed by atoms with E-state index in [0.29, 0.717) is 29.7 Å². The van der Waals surface area contributed by atoms with Gasteiger partial charge >= 0.3 is 0 Å². The lowest BCUT2D eigenvalue weighted by Crippen LogP contribution is -2.54. The first-order valence-electron chi connectivity index (χ1n) is 11.9. The minimum absolute atomic E-state index is 0.119. The van der Waals surface area contributed by atoms with Gasteiger partial charge in [0.25, 0.3) is 11.8 Å². The summed E-state index contributed by atoms with van der Waals surface area (Å²) in [4.78, 5) is 52.9. The van der Waals surface area contributed by atoms with Crippen molar-refractivity contribution in [2.24, 2.45) is 5.92 Å². The maximum absolute atomic E-state index is 13.0. The summed E-state index contributed by atoms with van der Waals surface area (Å²) in [5.74, 6) is -1.29. The summed E-state index contributed by atoms with van der Waals surface area (Å²) in [6, 6.07) is 4.43. The molecule has 2 unspecified atom stereocenters. The number of nitrogens with zero attached hydrogens (tertiary/aromatic N) is 2. The quantitative estimate of drug-likeness (QED) is 0.609. The Hall–Kier alpha value is -2.62. The number of amides is 4. The third kappa shape index (κ3) is 4.58. The van der Waals surface area contributed by atoms with Crippen molar-refractivity contribution in [3.63, 3.8) is 0 Å². The second-order valence-corrected chi connectivity index (χ2v) is 9.49. The van der Waals surface area contributed by atoms with Crippen LogP contribution in [0.4, 0.5) is 0 Å². The minimum atomic E-state index is -0.931. The zero-order valence-corrected chi connectivity index (χ0v) is 18.7. The lowest BCUT2D eigenvalue weighted by Gasteiger charge is -2.32. The van der Waals surface area contributed by atoms with Gasteiger partial charge in [-0.25, -0.2) is 0 Å². The van der Waals surface area contributed by atoms with Crippen LogP contribution in [-0.2, 0) is 20.9 Å². The van der Waals surface area contributed by atoms with Gasteiger partial charge in [-0.3, -0.25) is 34.3 Å². The summed E-state index contributed by atoms with van der Waals surface area (Å²) in [7, 11) is 0. The predicted octanol–water partition coefficient (Wildman–Crippen LogP) is 0.678. The molecule has 4 amide bonds. The summed E-state index contributed by atoms with van der Waals surface area (Å²) >= 11 is 0. The molecule has 176 valence electrons. The Morgan fingerprint density at radius 2 is 1.76 bits per heavy atom. The first-order chi connectivity index (χ1) is 16.0. The maximum atomic E-state index is 13.0. The highest BCUT2D eigenvalue weighted by Gasteiger charge is 2.44. The maximum Gasteiger partial charge on any atom is 0.262 e. The van der Waals surface area contributed by atoms with Crippen LogP contribution >= 0.6 is 0 Å². The van der Waals surface area contributed by atoms with Crippen molar-refractivity contribution in [1.29, 1.82) is 0 Å². The van der Waals surface area contributed by atoms with E-state index in [0.717, 1.165) is 62.5 Å². The molecule has 4 aliphatic heterocycles. The van der Waals surface area contributed by atoms with Gasteiger partial charge in [0.2, 0.25) is 11.8 Å². The predicted molar refractivity (Wildman–Crippen MR) is 118 cm³/mol. The number of carbonyl (C=O) groups is 4. The summed E-state index contributed by atoms with van der Waals surface area (Å²) in [5.41, 5.74) is 1.65. The number of hydrogen-bond donors (Lipinski definition) is 2. The van der Waals surface area contributed by atoms with E-state index in [1.807, 2.05) is 6.07 Å². The number of nitrogens with one attached hydrogen (secondary N) is 2. The van der Waals surface area contributed by atoms with Gasteiger partial charge in [0.05, 0.1) is 17.2 Å². The lowest BCUT2D eigenvalue weighted by atomic mass is 9.97. The molecule has 0 aromatic heterocycles. The van der Waals surface area contributed by atoms with E-state index >= 15 is 0 Å². The normalized spacial score (nSPS) is 26.7. The molecular formula is C24H30N4O5. The van der Waals surface area contributed by atoms with E-state index in [1.54, 1.807) is 12.1 Å². The molecule has 0 aliphatic carbocycles. The number of likely N-dealkylation sites (tertiary alicyclic amines) is 1. The van der Waals surface area contributed by atoms with Gasteiger partial charge in [-0.2, -0.15) is 0 Å². The van der Waals surface area contributed by atoms with Gasteiger partial charge < -0.3 is 10.1 Å². The van der Waals surface area contributed by atoms with Gasteiger partial charge in [0.1, 0.15) is 6.04 Å². The zero-order valence-electron chi connectivity index (χ0n) is 18.7. The average Bonchev–Trinajstić information content (AvgIpc) is 3.41. The molecule has 0 bridgehead atoms. The van der Waals surface area contributed by atoms with E-state index in [9.17, 15) is 19.2 Å². The molecule has 0 spiro atoms. The second kappa shape index (κ2) is 9.32. The molecule has 2 atom stereocenters. The van der Waals surface area contributed by atoms with Crippen LogP contribution in [0.2, 0.25) is 0 Å². The SMILES string of the molecule is O=C1CCC(N2C(=O)c3ccc(CN4CCC(COC5CCNC5)CC4)cc3C2=O)C(=O)N1. The zero-order chi connectivity index (χ0) is 22.9. The van der Waals surface area contributed by atoms with E-state index < -0.39 is 23.8 Å². The van der Waals surface area contributed by atoms with Gasteiger partial charge in [-0.15, -0.1) is 0 Å². The first kappa shape index (κ1) is 22.2. The van der Waals surface area contributed by atoms with E-state index in [-0.39, 0.29) is 18.7 Å². The number of fused-ring (bicyclic) bond motifs is 1. The topological polar surface area (TPSA) is 108 Å². The molecular weight excluding hydrogens is 424 g/mol. The van der Waals surface area contributed by atoms with Crippen molar-refractivity contribution in [3.8, 4) is 0 Å². The number of hydrogen-bond acceptors (Lipinski definition) is 7. The van der Waals surface area contributed by atoms with E-state index in [2.05, 4.69) is 15.5 Å². The number of piperidine rings is 2. The molecule has 33 heavy (non-hydrogen) atoms. The van der Waals surface area contributed by atoms with Crippen molar-refractivity contribution in [3.05, 3.63) is 34.9 Å². The van der Waals surface area contributed by atoms with Crippen LogP contribution in [0.5, 0.6) is 0 Å².